The molecular weight excluding hydrogens is 284 g/mol. The molecule has 0 spiro atoms. The lowest BCUT2D eigenvalue weighted by molar-refractivity contribution is -0.130. The second-order valence-electron chi connectivity index (χ2n) is 4.74. The molecule has 0 amide bonds. The van der Waals surface area contributed by atoms with E-state index in [0.717, 1.165) is 21.8 Å². The van der Waals surface area contributed by atoms with Crippen LogP contribution in [-0.2, 0) is 4.79 Å². The molecule has 2 rings (SSSR count). The molecule has 0 saturated carbocycles. The third kappa shape index (κ3) is 3.52. The van der Waals surface area contributed by atoms with Gasteiger partial charge in [-0.05, 0) is 67.1 Å². The number of carboxylic acids is 1. The number of aryl methyl sites for hydroxylation is 2. The molecule has 21 heavy (non-hydrogen) atoms. The van der Waals surface area contributed by atoms with E-state index in [1.807, 2.05) is 44.4 Å². The van der Waals surface area contributed by atoms with E-state index in [0.29, 0.717) is 17.7 Å². The van der Waals surface area contributed by atoms with Crippen LogP contribution in [-0.4, -0.2) is 17.7 Å². The Kier molecular flexibility index (Phi) is 4.81. The number of rotatable bonds is 5. The molecule has 0 bridgehead atoms. The van der Waals surface area contributed by atoms with Crippen molar-refractivity contribution in [2.24, 2.45) is 0 Å². The molecule has 0 aliphatic carbocycles. The average Bonchev–Trinajstić information content (AvgIpc) is 2.84. The van der Waals surface area contributed by atoms with Gasteiger partial charge in [-0.1, -0.05) is 6.07 Å². The third-order valence-electron chi connectivity index (χ3n) is 3.19. The lowest BCUT2D eigenvalue weighted by Gasteiger charge is -2.09. The van der Waals surface area contributed by atoms with Crippen LogP contribution in [0.25, 0.3) is 11.6 Å². The van der Waals surface area contributed by atoms with Crippen molar-refractivity contribution in [1.82, 2.24) is 0 Å². The van der Waals surface area contributed by atoms with Gasteiger partial charge in [-0.3, -0.25) is 0 Å². The highest BCUT2D eigenvalue weighted by Gasteiger charge is 2.13. The van der Waals surface area contributed by atoms with Gasteiger partial charge in [0.1, 0.15) is 5.75 Å². The van der Waals surface area contributed by atoms with Gasteiger partial charge in [0, 0.05) is 4.88 Å². The van der Waals surface area contributed by atoms with Crippen molar-refractivity contribution >= 4 is 29.0 Å². The number of aliphatic carboxylic acids is 1. The van der Waals surface area contributed by atoms with E-state index < -0.39 is 5.97 Å². The zero-order chi connectivity index (χ0) is 15.4. The van der Waals surface area contributed by atoms with Crippen molar-refractivity contribution in [3.63, 3.8) is 0 Å². The lowest BCUT2D eigenvalue weighted by Crippen LogP contribution is -2.01. The summed E-state index contributed by atoms with van der Waals surface area (Å²) in [6.07, 6.45) is 1.73. The van der Waals surface area contributed by atoms with E-state index >= 15 is 0 Å². The topological polar surface area (TPSA) is 46.5 Å². The predicted molar refractivity (Wildman–Crippen MR) is 86.9 cm³/mol. The van der Waals surface area contributed by atoms with Gasteiger partial charge in [0.05, 0.1) is 12.2 Å². The predicted octanol–water partition coefficient (Wildman–Crippen LogP) is 4.39. The molecule has 0 aliphatic heterocycles. The Morgan fingerprint density at radius 1 is 1.29 bits per heavy atom. The first kappa shape index (κ1) is 15.3. The Morgan fingerprint density at radius 3 is 2.57 bits per heavy atom. The summed E-state index contributed by atoms with van der Waals surface area (Å²) in [5.41, 5.74) is 3.01. The minimum atomic E-state index is -0.925. The molecule has 110 valence electrons. The van der Waals surface area contributed by atoms with Crippen molar-refractivity contribution < 1.29 is 14.6 Å². The average molecular weight is 302 g/mol. The molecule has 0 saturated heterocycles. The maximum atomic E-state index is 11.6. The highest BCUT2D eigenvalue weighted by molar-refractivity contribution is 7.11. The highest BCUT2D eigenvalue weighted by atomic mass is 32.1. The summed E-state index contributed by atoms with van der Waals surface area (Å²) in [5, 5.41) is 11.4. The molecule has 0 radical (unpaired) electrons. The van der Waals surface area contributed by atoms with E-state index in [-0.39, 0.29) is 0 Å². The van der Waals surface area contributed by atoms with E-state index in [9.17, 15) is 9.90 Å². The normalized spacial score (nSPS) is 11.5. The Bertz CT molecular complexity index is 683. The Hall–Kier alpha value is -2.07. The largest absolute Gasteiger partial charge is 0.494 e. The van der Waals surface area contributed by atoms with Crippen molar-refractivity contribution in [3.8, 4) is 5.75 Å². The molecule has 1 aromatic carbocycles. The number of benzene rings is 1. The highest BCUT2D eigenvalue weighted by Crippen LogP contribution is 2.27. The first-order valence-electron chi connectivity index (χ1n) is 6.75. The summed E-state index contributed by atoms with van der Waals surface area (Å²) in [7, 11) is 0. The van der Waals surface area contributed by atoms with Crippen molar-refractivity contribution in [3.05, 3.63) is 51.2 Å². The number of carbonyl (C=O) groups is 1. The standard InChI is InChI=1S/C17H18O3S/c1-4-20-15-6-5-13(9-12(15)3)14(17(18)19)10-16-11(2)7-8-21-16/h5-10H,4H2,1-3H3,(H,18,19)/b14-10-. The summed E-state index contributed by atoms with van der Waals surface area (Å²) < 4.78 is 5.49. The fraction of sp³-hybridized carbons (Fsp3) is 0.235. The van der Waals surface area contributed by atoms with Crippen LogP contribution in [0, 0.1) is 13.8 Å². The molecular formula is C17H18O3S. The maximum Gasteiger partial charge on any atom is 0.336 e. The van der Waals surface area contributed by atoms with E-state index in [2.05, 4.69) is 0 Å². The second kappa shape index (κ2) is 6.59. The lowest BCUT2D eigenvalue weighted by atomic mass is 10.0. The van der Waals surface area contributed by atoms with Gasteiger partial charge in [0.25, 0.3) is 0 Å². The summed E-state index contributed by atoms with van der Waals surface area (Å²) >= 11 is 1.54. The van der Waals surface area contributed by atoms with E-state index in [1.54, 1.807) is 23.5 Å². The molecule has 0 fully saturated rings. The van der Waals surface area contributed by atoms with E-state index in [1.165, 1.54) is 0 Å². The maximum absolute atomic E-state index is 11.6. The van der Waals surface area contributed by atoms with Crippen LogP contribution >= 0.6 is 11.3 Å². The van der Waals surface area contributed by atoms with Crippen LogP contribution in [0.4, 0.5) is 0 Å². The van der Waals surface area contributed by atoms with E-state index in [4.69, 9.17) is 4.74 Å². The number of carboxylic acid groups (broad SMARTS) is 1. The number of thiophene rings is 1. The van der Waals surface area contributed by atoms with Crippen LogP contribution < -0.4 is 4.74 Å². The monoisotopic (exact) mass is 302 g/mol. The molecule has 4 heteroatoms. The first-order chi connectivity index (χ1) is 10.0. The van der Waals surface area contributed by atoms with Gasteiger partial charge in [0.2, 0.25) is 0 Å². The molecule has 3 nitrogen and oxygen atoms in total. The van der Waals surface area contributed by atoms with Crippen molar-refractivity contribution in [1.29, 1.82) is 0 Å². The fourth-order valence-electron chi connectivity index (χ4n) is 2.07. The molecule has 1 aromatic heterocycles. The van der Waals surface area contributed by atoms with Crippen molar-refractivity contribution in [2.75, 3.05) is 6.61 Å². The first-order valence-corrected chi connectivity index (χ1v) is 7.63. The minimum absolute atomic E-state index is 0.298. The van der Waals surface area contributed by atoms with Gasteiger partial charge in [0.15, 0.2) is 0 Å². The van der Waals surface area contributed by atoms with Gasteiger partial charge < -0.3 is 9.84 Å². The Balaban J connectivity index is 2.44. The Labute approximate surface area is 128 Å². The fourth-order valence-corrected chi connectivity index (χ4v) is 2.92. The summed E-state index contributed by atoms with van der Waals surface area (Å²) in [6.45, 7) is 6.42. The molecule has 0 atom stereocenters. The smallest absolute Gasteiger partial charge is 0.336 e. The van der Waals surface area contributed by atoms with Gasteiger partial charge in [-0.15, -0.1) is 11.3 Å². The molecule has 0 aliphatic rings. The molecule has 1 N–H and O–H groups in total. The summed E-state index contributed by atoms with van der Waals surface area (Å²) in [4.78, 5) is 12.5. The SMILES string of the molecule is CCOc1ccc(/C(=C/c2sccc2C)C(=O)O)cc1C. The summed E-state index contributed by atoms with van der Waals surface area (Å²) in [5.74, 6) is -0.135. The van der Waals surface area contributed by atoms with Crippen molar-refractivity contribution in [2.45, 2.75) is 20.8 Å². The summed E-state index contributed by atoms with van der Waals surface area (Å²) in [6, 6.07) is 7.46. The van der Waals surface area contributed by atoms with Gasteiger partial charge in [-0.25, -0.2) is 4.79 Å². The quantitative estimate of drug-likeness (QED) is 0.833. The Morgan fingerprint density at radius 2 is 2.05 bits per heavy atom. The third-order valence-corrected chi connectivity index (χ3v) is 4.16. The van der Waals surface area contributed by atoms with Crippen LogP contribution in [0.2, 0.25) is 0 Å². The van der Waals surface area contributed by atoms with Crippen LogP contribution in [0.3, 0.4) is 0 Å². The zero-order valence-electron chi connectivity index (χ0n) is 12.3. The molecule has 2 aromatic rings. The number of hydrogen-bond acceptors (Lipinski definition) is 3. The number of ether oxygens (including phenoxy) is 1. The molecule has 0 unspecified atom stereocenters. The van der Waals surface area contributed by atoms with Crippen LogP contribution in [0.5, 0.6) is 5.75 Å². The zero-order valence-corrected chi connectivity index (χ0v) is 13.2. The van der Waals surface area contributed by atoms with Crippen LogP contribution in [0.15, 0.2) is 29.6 Å². The van der Waals surface area contributed by atoms with Gasteiger partial charge in [-0.2, -0.15) is 0 Å². The van der Waals surface area contributed by atoms with Gasteiger partial charge >= 0.3 is 5.97 Å². The second-order valence-corrected chi connectivity index (χ2v) is 5.69. The molecule has 1 heterocycles. The number of hydrogen-bond donors (Lipinski definition) is 1. The van der Waals surface area contributed by atoms with Crippen LogP contribution in [0.1, 0.15) is 28.5 Å². The minimum Gasteiger partial charge on any atom is -0.494 e.